The van der Waals surface area contributed by atoms with Crippen molar-refractivity contribution in [3.63, 3.8) is 0 Å². The molecule has 18 heavy (non-hydrogen) atoms. The highest BCUT2D eigenvalue weighted by molar-refractivity contribution is 9.10. The van der Waals surface area contributed by atoms with Gasteiger partial charge in [0.1, 0.15) is 5.82 Å². The third-order valence-electron chi connectivity index (χ3n) is 2.48. The molecule has 0 aliphatic carbocycles. The molecule has 0 aromatic heterocycles. The van der Waals surface area contributed by atoms with Crippen molar-refractivity contribution in [2.75, 3.05) is 25.6 Å². The third-order valence-corrected chi connectivity index (χ3v) is 3.40. The Kier molecular flexibility index (Phi) is 6.92. The minimum Gasteiger partial charge on any atom is -0.383 e. The molecule has 0 fully saturated rings. The molecule has 0 bridgehead atoms. The van der Waals surface area contributed by atoms with E-state index in [0.717, 1.165) is 12.8 Å². The van der Waals surface area contributed by atoms with Crippen molar-refractivity contribution in [1.82, 2.24) is 0 Å². The summed E-state index contributed by atoms with van der Waals surface area (Å²) in [5.41, 5.74) is 6.17. The molecule has 0 saturated carbocycles. The van der Waals surface area contributed by atoms with Crippen molar-refractivity contribution in [2.45, 2.75) is 18.9 Å². The topological polar surface area (TPSA) is 47.3 Å². The molecule has 1 atom stereocenters. The maximum absolute atomic E-state index is 13.1. The van der Waals surface area contributed by atoms with Gasteiger partial charge in [-0.25, -0.2) is 4.39 Å². The van der Waals surface area contributed by atoms with E-state index in [1.807, 2.05) is 0 Å². The molecule has 1 unspecified atom stereocenters. The summed E-state index contributed by atoms with van der Waals surface area (Å²) in [6, 6.07) is 2.75. The number of hydrogen-bond donors (Lipinski definition) is 2. The SMILES string of the molecule is COCC(CCCN)Nc1c(Cl)cc(F)cc1Br. The maximum atomic E-state index is 13.1. The van der Waals surface area contributed by atoms with Gasteiger partial charge in [-0.3, -0.25) is 0 Å². The van der Waals surface area contributed by atoms with E-state index in [2.05, 4.69) is 21.2 Å². The Morgan fingerprint density at radius 1 is 1.56 bits per heavy atom. The zero-order valence-corrected chi connectivity index (χ0v) is 12.5. The second-order valence-corrected chi connectivity index (χ2v) is 5.23. The van der Waals surface area contributed by atoms with Crippen molar-refractivity contribution in [1.29, 1.82) is 0 Å². The predicted molar refractivity (Wildman–Crippen MR) is 76.7 cm³/mol. The van der Waals surface area contributed by atoms with E-state index >= 15 is 0 Å². The molecule has 0 heterocycles. The van der Waals surface area contributed by atoms with Gasteiger partial charge >= 0.3 is 0 Å². The molecule has 1 rings (SSSR count). The summed E-state index contributed by atoms with van der Waals surface area (Å²) in [4.78, 5) is 0. The fraction of sp³-hybridized carbons (Fsp3) is 0.500. The number of anilines is 1. The van der Waals surface area contributed by atoms with Gasteiger partial charge in [0.05, 0.1) is 17.3 Å². The van der Waals surface area contributed by atoms with Gasteiger partial charge in [0.2, 0.25) is 0 Å². The lowest BCUT2D eigenvalue weighted by atomic mass is 10.1. The second-order valence-electron chi connectivity index (χ2n) is 3.97. The largest absolute Gasteiger partial charge is 0.383 e. The number of nitrogens with one attached hydrogen (secondary N) is 1. The average molecular weight is 340 g/mol. The highest BCUT2D eigenvalue weighted by atomic mass is 79.9. The van der Waals surface area contributed by atoms with Crippen LogP contribution in [0.1, 0.15) is 12.8 Å². The first-order chi connectivity index (χ1) is 8.58. The second kappa shape index (κ2) is 7.94. The van der Waals surface area contributed by atoms with Crippen LogP contribution in [0, 0.1) is 5.82 Å². The molecule has 0 aliphatic rings. The van der Waals surface area contributed by atoms with Gasteiger partial charge in [-0.15, -0.1) is 0 Å². The predicted octanol–water partition coefficient (Wildman–Crippen LogP) is 3.41. The van der Waals surface area contributed by atoms with E-state index in [9.17, 15) is 4.39 Å². The first kappa shape index (κ1) is 15.7. The summed E-state index contributed by atoms with van der Waals surface area (Å²) in [6.45, 7) is 1.17. The molecule has 0 saturated heterocycles. The third kappa shape index (κ3) is 4.72. The van der Waals surface area contributed by atoms with Crippen molar-refractivity contribution in [3.05, 3.63) is 27.4 Å². The molecule has 0 amide bonds. The summed E-state index contributed by atoms with van der Waals surface area (Å²) in [6.07, 6.45) is 1.75. The molecule has 1 aromatic carbocycles. The average Bonchev–Trinajstić information content (AvgIpc) is 2.30. The van der Waals surface area contributed by atoms with Gasteiger partial charge in [-0.1, -0.05) is 11.6 Å². The number of nitrogens with two attached hydrogens (primary N) is 1. The summed E-state index contributed by atoms with van der Waals surface area (Å²) in [5, 5.41) is 3.60. The standard InChI is InChI=1S/C12H17BrClFN2O/c1-18-7-9(3-2-4-16)17-12-10(13)5-8(15)6-11(12)14/h5-6,9,17H,2-4,7,16H2,1H3. The molecule has 6 heteroatoms. The van der Waals surface area contributed by atoms with Gasteiger partial charge in [0.25, 0.3) is 0 Å². The van der Waals surface area contributed by atoms with Gasteiger partial charge in [0.15, 0.2) is 0 Å². The number of ether oxygens (including phenoxy) is 1. The van der Waals surface area contributed by atoms with Crippen LogP contribution in [0.5, 0.6) is 0 Å². The van der Waals surface area contributed by atoms with Crippen LogP contribution in [0.2, 0.25) is 5.02 Å². The summed E-state index contributed by atoms with van der Waals surface area (Å²) in [7, 11) is 1.64. The highest BCUT2D eigenvalue weighted by Gasteiger charge is 2.13. The Bertz CT molecular complexity index is 369. The quantitative estimate of drug-likeness (QED) is 0.800. The lowest BCUT2D eigenvalue weighted by molar-refractivity contribution is 0.182. The zero-order valence-electron chi connectivity index (χ0n) is 10.2. The molecule has 1 aromatic rings. The smallest absolute Gasteiger partial charge is 0.125 e. The number of hydrogen-bond acceptors (Lipinski definition) is 3. The van der Waals surface area contributed by atoms with E-state index in [-0.39, 0.29) is 11.9 Å². The molecular formula is C12H17BrClFN2O. The molecular weight excluding hydrogens is 322 g/mol. The summed E-state index contributed by atoms with van der Waals surface area (Å²) >= 11 is 9.31. The zero-order chi connectivity index (χ0) is 13.5. The monoisotopic (exact) mass is 338 g/mol. The Morgan fingerprint density at radius 3 is 2.83 bits per heavy atom. The number of benzene rings is 1. The van der Waals surface area contributed by atoms with E-state index < -0.39 is 0 Å². The van der Waals surface area contributed by atoms with Gasteiger partial charge in [-0.05, 0) is 47.4 Å². The number of rotatable bonds is 7. The Balaban J connectivity index is 2.79. The lowest BCUT2D eigenvalue weighted by Gasteiger charge is -2.20. The molecule has 102 valence electrons. The van der Waals surface area contributed by atoms with Crippen molar-refractivity contribution in [2.24, 2.45) is 5.73 Å². The van der Waals surface area contributed by atoms with Gasteiger partial charge in [0, 0.05) is 17.6 Å². The van der Waals surface area contributed by atoms with Crippen molar-refractivity contribution < 1.29 is 9.13 Å². The van der Waals surface area contributed by atoms with E-state index in [1.165, 1.54) is 12.1 Å². The minimum absolute atomic E-state index is 0.0952. The molecule has 0 radical (unpaired) electrons. The van der Waals surface area contributed by atoms with Gasteiger partial charge < -0.3 is 15.8 Å². The minimum atomic E-state index is -0.373. The van der Waals surface area contributed by atoms with Gasteiger partial charge in [-0.2, -0.15) is 0 Å². The van der Waals surface area contributed by atoms with E-state index in [1.54, 1.807) is 7.11 Å². The van der Waals surface area contributed by atoms with Crippen molar-refractivity contribution >= 4 is 33.2 Å². The van der Waals surface area contributed by atoms with Crippen molar-refractivity contribution in [3.8, 4) is 0 Å². The maximum Gasteiger partial charge on any atom is 0.125 e. The lowest BCUT2D eigenvalue weighted by Crippen LogP contribution is -2.26. The fourth-order valence-corrected chi connectivity index (χ4v) is 2.57. The Hall–Kier alpha value is -0.360. The summed E-state index contributed by atoms with van der Waals surface area (Å²) in [5.74, 6) is -0.373. The van der Waals surface area contributed by atoms with Crippen LogP contribution in [0.4, 0.5) is 10.1 Å². The van der Waals surface area contributed by atoms with Crippen LogP contribution in [-0.2, 0) is 4.74 Å². The van der Waals surface area contributed by atoms with Crippen LogP contribution >= 0.6 is 27.5 Å². The highest BCUT2D eigenvalue weighted by Crippen LogP contribution is 2.32. The normalized spacial score (nSPS) is 12.5. The Morgan fingerprint density at radius 2 is 2.28 bits per heavy atom. The molecule has 3 nitrogen and oxygen atoms in total. The molecule has 3 N–H and O–H groups in total. The van der Waals surface area contributed by atoms with Crippen LogP contribution in [-0.4, -0.2) is 26.3 Å². The molecule has 0 spiro atoms. The van der Waals surface area contributed by atoms with E-state index in [4.69, 9.17) is 22.1 Å². The first-order valence-electron chi connectivity index (χ1n) is 5.68. The van der Waals surface area contributed by atoms with Crippen LogP contribution in [0.15, 0.2) is 16.6 Å². The van der Waals surface area contributed by atoms with E-state index in [0.29, 0.717) is 28.3 Å². The Labute approximate surface area is 120 Å². The fourth-order valence-electron chi connectivity index (χ4n) is 1.65. The van der Waals surface area contributed by atoms with Crippen LogP contribution in [0.25, 0.3) is 0 Å². The number of halogens is 3. The van der Waals surface area contributed by atoms with Crippen LogP contribution < -0.4 is 11.1 Å². The first-order valence-corrected chi connectivity index (χ1v) is 6.85. The summed E-state index contributed by atoms with van der Waals surface area (Å²) < 4.78 is 18.9. The van der Waals surface area contributed by atoms with Crippen LogP contribution in [0.3, 0.4) is 0 Å². The number of methoxy groups -OCH3 is 1. The molecule has 0 aliphatic heterocycles.